The molecule has 1 saturated carbocycles. The predicted molar refractivity (Wildman–Crippen MR) is 154 cm³/mol. The second kappa shape index (κ2) is 20.3. The second-order valence-electron chi connectivity index (χ2n) is 10.9. The number of amides is 1. The molecule has 0 heterocycles. The minimum absolute atomic E-state index is 0.0918. The van der Waals surface area contributed by atoms with E-state index in [0.717, 1.165) is 19.3 Å². The Labute approximate surface area is 248 Å². The summed E-state index contributed by atoms with van der Waals surface area (Å²) in [5.41, 5.74) is 0.407. The summed E-state index contributed by atoms with van der Waals surface area (Å²) in [4.78, 5) is 41.1. The summed E-state index contributed by atoms with van der Waals surface area (Å²) in [7, 11) is 0. The number of esters is 1. The zero-order valence-electron chi connectivity index (χ0n) is 24.7. The quantitative estimate of drug-likeness (QED) is 0.0454. The molecular formula is C31H48N2O9. The van der Waals surface area contributed by atoms with E-state index >= 15 is 0 Å². The summed E-state index contributed by atoms with van der Waals surface area (Å²) in [6.07, 6.45) is 12.3. The standard InChI is InChI=1S/C31H48N2O9/c1-2-3-4-5-8-14-24(34)18-19-26-25(27(35)20-28(26)36)15-9-6-7-10-17-30(37)32-21-31(38)42-29-16-12-11-13-23(29)22-41-33(39)40/h6,9,11-13,16,25-28,35-36,39-40H,2-5,7-8,10,14-15,17-22H2,1H3,(H,32,37)/b9-6-/t25-,26-,27+,28-/m1/s1. The van der Waals surface area contributed by atoms with Crippen molar-refractivity contribution in [3.63, 3.8) is 0 Å². The number of unbranched alkanes of at least 4 members (excludes halogenated alkanes) is 5. The van der Waals surface area contributed by atoms with E-state index in [9.17, 15) is 24.6 Å². The highest BCUT2D eigenvalue weighted by molar-refractivity contribution is 5.83. The van der Waals surface area contributed by atoms with Crippen molar-refractivity contribution in [2.75, 3.05) is 6.54 Å². The van der Waals surface area contributed by atoms with Crippen LogP contribution in [-0.2, 0) is 25.8 Å². The van der Waals surface area contributed by atoms with Crippen molar-refractivity contribution in [3.05, 3.63) is 42.0 Å². The van der Waals surface area contributed by atoms with Crippen LogP contribution in [0.2, 0.25) is 0 Å². The highest BCUT2D eigenvalue weighted by atomic mass is 17.1. The van der Waals surface area contributed by atoms with Crippen LogP contribution in [0.5, 0.6) is 5.75 Å². The smallest absolute Gasteiger partial charge is 0.330 e. The van der Waals surface area contributed by atoms with Gasteiger partial charge in [-0.2, -0.15) is 0 Å². The fourth-order valence-corrected chi connectivity index (χ4v) is 5.30. The number of para-hydroxylation sites is 1. The molecule has 11 heteroatoms. The van der Waals surface area contributed by atoms with E-state index in [1.165, 1.54) is 18.9 Å². The number of aliphatic hydroxyl groups excluding tert-OH is 2. The fourth-order valence-electron chi connectivity index (χ4n) is 5.30. The van der Waals surface area contributed by atoms with E-state index < -0.39 is 23.6 Å². The van der Waals surface area contributed by atoms with Gasteiger partial charge in [0.1, 0.15) is 24.7 Å². The molecule has 0 spiro atoms. The van der Waals surface area contributed by atoms with Crippen LogP contribution < -0.4 is 10.1 Å². The second-order valence-corrected chi connectivity index (χ2v) is 10.9. The number of benzene rings is 1. The Kier molecular flexibility index (Phi) is 17.1. The summed E-state index contributed by atoms with van der Waals surface area (Å²) < 4.78 is 5.24. The Hall–Kier alpha value is -2.67. The number of nitrogens with zero attached hydrogens (tertiary/aromatic N) is 1. The molecule has 1 aliphatic rings. The minimum Gasteiger partial charge on any atom is -0.425 e. The number of hydrogen-bond acceptors (Lipinski definition) is 10. The molecule has 1 aromatic rings. The molecule has 236 valence electrons. The highest BCUT2D eigenvalue weighted by Crippen LogP contribution is 2.38. The summed E-state index contributed by atoms with van der Waals surface area (Å²) in [6.45, 7) is 1.60. The molecule has 5 N–H and O–H groups in total. The van der Waals surface area contributed by atoms with E-state index in [1.54, 1.807) is 18.2 Å². The molecule has 1 amide bonds. The van der Waals surface area contributed by atoms with Gasteiger partial charge in [0.05, 0.1) is 17.6 Å². The maximum absolute atomic E-state index is 12.3. The molecule has 4 atom stereocenters. The topological polar surface area (TPSA) is 166 Å². The van der Waals surface area contributed by atoms with Crippen LogP contribution in [0.25, 0.3) is 0 Å². The van der Waals surface area contributed by atoms with Crippen molar-refractivity contribution in [1.29, 1.82) is 0 Å². The normalized spacial score (nSPS) is 20.3. The monoisotopic (exact) mass is 592 g/mol. The average molecular weight is 593 g/mol. The van der Waals surface area contributed by atoms with Gasteiger partial charge in [-0.25, -0.2) is 9.63 Å². The summed E-state index contributed by atoms with van der Waals surface area (Å²) in [5.74, 6) is -0.755. The fraction of sp³-hybridized carbons (Fsp3) is 0.645. The van der Waals surface area contributed by atoms with Crippen molar-refractivity contribution in [2.24, 2.45) is 11.8 Å². The molecule has 0 radical (unpaired) electrons. The number of nitrogens with one attached hydrogen (secondary N) is 1. The lowest BCUT2D eigenvalue weighted by Gasteiger charge is -2.22. The lowest BCUT2D eigenvalue weighted by atomic mass is 9.86. The molecule has 11 nitrogen and oxygen atoms in total. The summed E-state index contributed by atoms with van der Waals surface area (Å²) in [6, 6.07) is 6.42. The number of allylic oxidation sites excluding steroid dienone is 2. The van der Waals surface area contributed by atoms with Gasteiger partial charge in [0, 0.05) is 24.8 Å². The number of hydrogen-bond donors (Lipinski definition) is 5. The number of aliphatic hydroxyl groups is 2. The number of Topliss-reactive ketones (excluding diaryl/α,β-unsaturated/α-hetero) is 1. The van der Waals surface area contributed by atoms with E-state index in [0.29, 0.717) is 50.5 Å². The third-order valence-electron chi connectivity index (χ3n) is 7.65. The van der Waals surface area contributed by atoms with Crippen LogP contribution in [0.3, 0.4) is 0 Å². The lowest BCUT2D eigenvalue weighted by molar-refractivity contribution is -0.497. The van der Waals surface area contributed by atoms with Crippen LogP contribution in [0.1, 0.15) is 96.0 Å². The summed E-state index contributed by atoms with van der Waals surface area (Å²) in [5, 5.41) is 40.4. The molecule has 1 aliphatic carbocycles. The van der Waals surface area contributed by atoms with E-state index in [1.807, 2.05) is 12.2 Å². The van der Waals surface area contributed by atoms with Gasteiger partial charge in [-0.15, -0.1) is 0 Å². The van der Waals surface area contributed by atoms with Gasteiger partial charge in [-0.1, -0.05) is 63.0 Å². The Bertz CT molecular complexity index is 985. The first kappa shape index (κ1) is 35.5. The van der Waals surface area contributed by atoms with Crippen LogP contribution >= 0.6 is 0 Å². The Balaban J connectivity index is 1.64. The number of carbonyl (C=O) groups is 3. The van der Waals surface area contributed by atoms with Crippen LogP contribution in [0.4, 0.5) is 0 Å². The number of carbonyl (C=O) groups excluding carboxylic acids is 3. The maximum Gasteiger partial charge on any atom is 0.330 e. The molecule has 2 rings (SSSR count). The maximum atomic E-state index is 12.3. The molecule has 1 aromatic carbocycles. The first-order chi connectivity index (χ1) is 20.2. The molecule has 0 aliphatic heterocycles. The van der Waals surface area contributed by atoms with Gasteiger partial charge in [-0.3, -0.25) is 20.0 Å². The SMILES string of the molecule is CCCCCCCC(=O)CC[C@@H]1[C@@H](C/C=C\CCCC(=O)NCC(=O)Oc2ccccc2CON(O)O)[C@@H](O)C[C@H]1O. The molecule has 0 unspecified atom stereocenters. The van der Waals surface area contributed by atoms with Gasteiger partial charge in [0.2, 0.25) is 5.91 Å². The van der Waals surface area contributed by atoms with Gasteiger partial charge in [0.25, 0.3) is 0 Å². The van der Waals surface area contributed by atoms with Gasteiger partial charge in [-0.05, 0) is 56.4 Å². The average Bonchev–Trinajstić information content (AvgIpc) is 3.23. The largest absolute Gasteiger partial charge is 0.425 e. The number of ether oxygens (including phenoxy) is 1. The predicted octanol–water partition coefficient (Wildman–Crippen LogP) is 4.40. The van der Waals surface area contributed by atoms with E-state index in [2.05, 4.69) is 17.1 Å². The molecule has 0 bridgehead atoms. The Morgan fingerprint density at radius 2 is 1.69 bits per heavy atom. The van der Waals surface area contributed by atoms with Crippen LogP contribution in [-0.4, -0.2) is 62.4 Å². The van der Waals surface area contributed by atoms with Crippen molar-refractivity contribution < 1.29 is 44.6 Å². The first-order valence-corrected chi connectivity index (χ1v) is 15.1. The molecule has 1 fully saturated rings. The van der Waals surface area contributed by atoms with E-state index in [-0.39, 0.29) is 48.8 Å². The zero-order chi connectivity index (χ0) is 30.7. The number of ketones is 1. The number of rotatable bonds is 21. The van der Waals surface area contributed by atoms with Gasteiger partial charge >= 0.3 is 5.97 Å². The van der Waals surface area contributed by atoms with Crippen molar-refractivity contribution in [2.45, 2.75) is 109 Å². The third-order valence-corrected chi connectivity index (χ3v) is 7.65. The Morgan fingerprint density at radius 3 is 2.45 bits per heavy atom. The first-order valence-electron chi connectivity index (χ1n) is 15.1. The lowest BCUT2D eigenvalue weighted by Crippen LogP contribution is -2.31. The summed E-state index contributed by atoms with van der Waals surface area (Å²) >= 11 is 0. The molecular weight excluding hydrogens is 544 g/mol. The van der Waals surface area contributed by atoms with Crippen molar-refractivity contribution in [1.82, 2.24) is 10.7 Å². The molecule has 0 saturated heterocycles. The third kappa shape index (κ3) is 14.0. The Morgan fingerprint density at radius 1 is 0.952 bits per heavy atom. The minimum atomic E-state index is -0.680. The van der Waals surface area contributed by atoms with Crippen molar-refractivity contribution in [3.8, 4) is 5.75 Å². The zero-order valence-corrected chi connectivity index (χ0v) is 24.7. The van der Waals surface area contributed by atoms with Crippen molar-refractivity contribution >= 4 is 17.7 Å². The van der Waals surface area contributed by atoms with Gasteiger partial charge < -0.3 is 20.3 Å². The highest BCUT2D eigenvalue weighted by Gasteiger charge is 2.40. The van der Waals surface area contributed by atoms with E-state index in [4.69, 9.17) is 15.2 Å². The van der Waals surface area contributed by atoms with Gasteiger partial charge in [0.15, 0.2) is 0 Å². The molecule has 42 heavy (non-hydrogen) atoms. The van der Waals surface area contributed by atoms with Crippen LogP contribution in [0, 0.1) is 11.8 Å². The van der Waals surface area contributed by atoms with Crippen LogP contribution in [0.15, 0.2) is 36.4 Å². The molecule has 0 aromatic heterocycles.